The highest BCUT2D eigenvalue weighted by molar-refractivity contribution is 7.92. The quantitative estimate of drug-likeness (QED) is 0.785. The summed E-state index contributed by atoms with van der Waals surface area (Å²) in [5, 5.41) is 8.37. The lowest BCUT2D eigenvalue weighted by Gasteiger charge is -2.12. The van der Waals surface area contributed by atoms with Crippen LogP contribution in [0.3, 0.4) is 0 Å². The molecule has 1 rings (SSSR count). The van der Waals surface area contributed by atoms with Gasteiger partial charge in [0.05, 0.1) is 17.0 Å². The molecule has 0 fully saturated rings. The van der Waals surface area contributed by atoms with E-state index in [-0.39, 0.29) is 6.42 Å². The minimum atomic E-state index is -4.74. The number of sulfonamides is 1. The Morgan fingerprint density at radius 3 is 2.43 bits per heavy atom. The van der Waals surface area contributed by atoms with E-state index in [1.807, 2.05) is 0 Å². The van der Waals surface area contributed by atoms with Gasteiger partial charge in [0.15, 0.2) is 0 Å². The van der Waals surface area contributed by atoms with Crippen molar-refractivity contribution >= 4 is 21.7 Å². The lowest BCUT2D eigenvalue weighted by Crippen LogP contribution is -2.19. The van der Waals surface area contributed by atoms with E-state index < -0.39 is 51.4 Å². The molecule has 0 heterocycles. The Kier molecular flexibility index (Phi) is 5.15. The average molecular weight is 329 g/mol. The summed E-state index contributed by atoms with van der Waals surface area (Å²) < 4.78 is 75.5. The van der Waals surface area contributed by atoms with Gasteiger partial charge < -0.3 is 5.11 Å². The number of anilines is 1. The lowest BCUT2D eigenvalue weighted by atomic mass is 10.2. The number of carboxylic acids is 1. The van der Waals surface area contributed by atoms with Gasteiger partial charge in [-0.25, -0.2) is 12.8 Å². The Morgan fingerprint density at radius 1 is 1.29 bits per heavy atom. The van der Waals surface area contributed by atoms with Crippen molar-refractivity contribution in [2.24, 2.45) is 0 Å². The van der Waals surface area contributed by atoms with Crippen LogP contribution in [0.15, 0.2) is 18.2 Å². The zero-order valence-corrected chi connectivity index (χ0v) is 11.3. The second kappa shape index (κ2) is 6.29. The van der Waals surface area contributed by atoms with Crippen LogP contribution < -0.4 is 4.72 Å². The van der Waals surface area contributed by atoms with Gasteiger partial charge in [-0.1, -0.05) is 0 Å². The number of alkyl halides is 3. The number of rotatable bonds is 6. The molecule has 0 atom stereocenters. The second-order valence-corrected chi connectivity index (χ2v) is 5.95. The molecule has 10 heteroatoms. The normalized spacial score (nSPS) is 12.2. The van der Waals surface area contributed by atoms with Gasteiger partial charge in [-0.05, 0) is 24.6 Å². The van der Waals surface area contributed by atoms with Gasteiger partial charge in [-0.2, -0.15) is 13.2 Å². The molecule has 118 valence electrons. The molecule has 0 saturated heterocycles. The molecule has 1 aromatic rings. The molecule has 0 aliphatic heterocycles. The van der Waals surface area contributed by atoms with Crippen molar-refractivity contribution in [3.8, 4) is 0 Å². The van der Waals surface area contributed by atoms with E-state index in [0.717, 1.165) is 0 Å². The van der Waals surface area contributed by atoms with Crippen LogP contribution in [0.2, 0.25) is 0 Å². The summed E-state index contributed by atoms with van der Waals surface area (Å²) in [7, 11) is -4.14. The maximum atomic E-state index is 13.4. The third-order valence-corrected chi connectivity index (χ3v) is 3.72. The topological polar surface area (TPSA) is 83.5 Å². The van der Waals surface area contributed by atoms with Gasteiger partial charge in [-0.15, -0.1) is 0 Å². The van der Waals surface area contributed by atoms with Gasteiger partial charge in [-0.3, -0.25) is 9.52 Å². The number of carboxylic acid groups (broad SMARTS) is 1. The predicted molar refractivity (Wildman–Crippen MR) is 65.7 cm³/mol. The summed E-state index contributed by atoms with van der Waals surface area (Å²) in [5.41, 5.74) is -2.03. The fourth-order valence-electron chi connectivity index (χ4n) is 1.41. The maximum Gasteiger partial charge on any atom is 0.416 e. The highest BCUT2D eigenvalue weighted by Crippen LogP contribution is 2.32. The molecular formula is C11H11F4NO4S. The van der Waals surface area contributed by atoms with E-state index in [4.69, 9.17) is 5.11 Å². The van der Waals surface area contributed by atoms with E-state index in [1.54, 1.807) is 4.72 Å². The van der Waals surface area contributed by atoms with Crippen LogP contribution in [0.5, 0.6) is 0 Å². The molecule has 0 aromatic heterocycles. The Morgan fingerprint density at radius 2 is 1.90 bits per heavy atom. The zero-order chi connectivity index (χ0) is 16.3. The summed E-state index contributed by atoms with van der Waals surface area (Å²) in [6, 6.07) is 1.32. The van der Waals surface area contributed by atoms with Crippen molar-refractivity contribution in [3.63, 3.8) is 0 Å². The minimum absolute atomic E-state index is 0.245. The largest absolute Gasteiger partial charge is 0.481 e. The molecule has 0 unspecified atom stereocenters. The van der Waals surface area contributed by atoms with Crippen LogP contribution in [-0.2, 0) is 21.0 Å². The number of carbonyl (C=O) groups is 1. The predicted octanol–water partition coefficient (Wildman–Crippen LogP) is 2.45. The van der Waals surface area contributed by atoms with E-state index in [1.165, 1.54) is 0 Å². The fourth-order valence-corrected chi connectivity index (χ4v) is 2.53. The van der Waals surface area contributed by atoms with Crippen molar-refractivity contribution in [2.45, 2.75) is 19.0 Å². The zero-order valence-electron chi connectivity index (χ0n) is 10.4. The maximum absolute atomic E-state index is 13.4. The third-order valence-electron chi connectivity index (χ3n) is 2.36. The average Bonchev–Trinajstić information content (AvgIpc) is 2.29. The third kappa shape index (κ3) is 5.58. The molecule has 0 aliphatic carbocycles. The minimum Gasteiger partial charge on any atom is -0.481 e. The molecule has 5 nitrogen and oxygen atoms in total. The summed E-state index contributed by atoms with van der Waals surface area (Å²) in [6.45, 7) is 0. The number of halogens is 4. The lowest BCUT2D eigenvalue weighted by molar-refractivity contribution is -0.138. The van der Waals surface area contributed by atoms with Crippen molar-refractivity contribution in [2.75, 3.05) is 10.5 Å². The molecule has 0 radical (unpaired) electrons. The van der Waals surface area contributed by atoms with Crippen LogP contribution in [0, 0.1) is 5.82 Å². The monoisotopic (exact) mass is 329 g/mol. The SMILES string of the molecule is O=C(O)CCCS(=O)(=O)Nc1cc(C(F)(F)F)ccc1F. The van der Waals surface area contributed by atoms with Crippen LogP contribution in [-0.4, -0.2) is 25.2 Å². The summed E-state index contributed by atoms with van der Waals surface area (Å²) in [5.74, 6) is -3.02. The fraction of sp³-hybridized carbons (Fsp3) is 0.364. The van der Waals surface area contributed by atoms with Crippen molar-refractivity contribution in [3.05, 3.63) is 29.6 Å². The Labute approximate surface area is 117 Å². The highest BCUT2D eigenvalue weighted by Gasteiger charge is 2.31. The Bertz CT molecular complexity index is 628. The van der Waals surface area contributed by atoms with Crippen LogP contribution >= 0.6 is 0 Å². The first-order valence-corrected chi connectivity index (χ1v) is 7.25. The van der Waals surface area contributed by atoms with Gasteiger partial charge in [0, 0.05) is 6.42 Å². The molecule has 0 saturated carbocycles. The van der Waals surface area contributed by atoms with Crippen LogP contribution in [0.4, 0.5) is 23.2 Å². The first-order valence-electron chi connectivity index (χ1n) is 5.60. The number of hydrogen-bond donors (Lipinski definition) is 2. The molecule has 1 aromatic carbocycles. The first kappa shape index (κ1) is 17.2. The summed E-state index contributed by atoms with van der Waals surface area (Å²) in [6.07, 6.45) is -5.41. The van der Waals surface area contributed by atoms with Crippen LogP contribution in [0.1, 0.15) is 18.4 Å². The van der Waals surface area contributed by atoms with Crippen molar-refractivity contribution in [1.29, 1.82) is 0 Å². The van der Waals surface area contributed by atoms with Gasteiger partial charge >= 0.3 is 12.1 Å². The van der Waals surface area contributed by atoms with E-state index in [9.17, 15) is 30.8 Å². The van der Waals surface area contributed by atoms with E-state index in [0.29, 0.717) is 18.2 Å². The summed E-state index contributed by atoms with van der Waals surface area (Å²) >= 11 is 0. The van der Waals surface area contributed by atoms with Crippen molar-refractivity contribution in [1.82, 2.24) is 0 Å². The van der Waals surface area contributed by atoms with Gasteiger partial charge in [0.25, 0.3) is 0 Å². The van der Waals surface area contributed by atoms with Gasteiger partial charge in [0.1, 0.15) is 5.82 Å². The van der Waals surface area contributed by atoms with E-state index >= 15 is 0 Å². The number of hydrogen-bond acceptors (Lipinski definition) is 3. The Balaban J connectivity index is 2.89. The molecule has 0 amide bonds. The molecule has 0 bridgehead atoms. The smallest absolute Gasteiger partial charge is 0.416 e. The van der Waals surface area contributed by atoms with Crippen molar-refractivity contribution < 1.29 is 35.9 Å². The molecule has 0 aliphatic rings. The molecule has 2 N–H and O–H groups in total. The second-order valence-electron chi connectivity index (χ2n) is 4.11. The van der Waals surface area contributed by atoms with Gasteiger partial charge in [0.2, 0.25) is 10.0 Å². The molecular weight excluding hydrogens is 318 g/mol. The Hall–Kier alpha value is -1.84. The number of aliphatic carboxylic acids is 1. The summed E-state index contributed by atoms with van der Waals surface area (Å²) in [4.78, 5) is 10.3. The molecule has 0 spiro atoms. The standard InChI is InChI=1S/C11H11F4NO4S/c12-8-4-3-7(11(13,14)15)6-9(8)16-21(19,20)5-1-2-10(17)18/h3-4,6,16H,1-2,5H2,(H,17,18). The van der Waals surface area contributed by atoms with Crippen LogP contribution in [0.25, 0.3) is 0 Å². The molecule has 21 heavy (non-hydrogen) atoms. The van der Waals surface area contributed by atoms with E-state index in [2.05, 4.69) is 0 Å². The number of benzene rings is 1. The number of nitrogens with one attached hydrogen (secondary N) is 1. The highest BCUT2D eigenvalue weighted by atomic mass is 32.2. The first-order chi connectivity index (χ1) is 9.51.